The fourth-order valence-corrected chi connectivity index (χ4v) is 3.05. The van der Waals surface area contributed by atoms with Crippen LogP contribution in [-0.2, 0) is 6.61 Å². The normalized spacial score (nSPS) is 11.6. The Kier molecular flexibility index (Phi) is 5.57. The second kappa shape index (κ2) is 8.62. The van der Waals surface area contributed by atoms with E-state index in [1.54, 1.807) is 36.4 Å². The van der Waals surface area contributed by atoms with Crippen LogP contribution in [0.15, 0.2) is 60.7 Å². The predicted octanol–water partition coefficient (Wildman–Crippen LogP) is 4.16. The maximum Gasteiger partial charge on any atom is 0.311 e. The van der Waals surface area contributed by atoms with E-state index >= 15 is 0 Å². The highest BCUT2D eigenvalue weighted by Gasteiger charge is 2.18. The topological polar surface area (TPSA) is 109 Å². The van der Waals surface area contributed by atoms with Crippen molar-refractivity contribution in [3.8, 4) is 23.0 Å². The molecule has 0 saturated heterocycles. The first-order valence-corrected chi connectivity index (χ1v) is 9.28. The average molecular weight is 422 g/mol. The van der Waals surface area contributed by atoms with E-state index in [4.69, 9.17) is 18.9 Å². The lowest BCUT2D eigenvalue weighted by molar-refractivity contribution is -0.385. The smallest absolute Gasteiger partial charge is 0.311 e. The summed E-state index contributed by atoms with van der Waals surface area (Å²) in [5.74, 6) is 1.55. The molecule has 9 heteroatoms. The summed E-state index contributed by atoms with van der Waals surface area (Å²) in [6.07, 6.45) is 0. The number of nitrogens with zero attached hydrogens (tertiary/aromatic N) is 1. The number of nitro groups is 1. The van der Waals surface area contributed by atoms with Gasteiger partial charge in [0.1, 0.15) is 12.4 Å². The number of ether oxygens (including phenoxy) is 4. The molecule has 4 rings (SSSR count). The molecule has 1 N–H and O–H groups in total. The third kappa shape index (κ3) is 4.50. The fraction of sp³-hybridized carbons (Fsp3) is 0.136. The van der Waals surface area contributed by atoms with Crippen LogP contribution >= 0.6 is 0 Å². The lowest BCUT2D eigenvalue weighted by Gasteiger charge is -2.10. The molecular formula is C22H18N2O7. The molecule has 1 heterocycles. The second-order valence-electron chi connectivity index (χ2n) is 6.60. The SMILES string of the molecule is COc1ccc(C(=O)Nc2cccc(COc3ccc4c(c3)OCO4)c2)cc1[N+](=O)[O-]. The lowest BCUT2D eigenvalue weighted by Crippen LogP contribution is -2.12. The molecule has 0 fully saturated rings. The Morgan fingerprint density at radius 1 is 1.10 bits per heavy atom. The van der Waals surface area contributed by atoms with E-state index in [0.29, 0.717) is 22.9 Å². The average Bonchev–Trinajstić information content (AvgIpc) is 3.25. The molecule has 0 spiro atoms. The molecule has 31 heavy (non-hydrogen) atoms. The number of nitro benzene ring substituents is 1. The van der Waals surface area contributed by atoms with E-state index in [2.05, 4.69) is 5.32 Å². The minimum absolute atomic E-state index is 0.0872. The maximum atomic E-state index is 12.6. The van der Waals surface area contributed by atoms with Crippen LogP contribution in [0.5, 0.6) is 23.0 Å². The van der Waals surface area contributed by atoms with E-state index in [1.807, 2.05) is 6.07 Å². The summed E-state index contributed by atoms with van der Waals surface area (Å²) in [6, 6.07) is 16.5. The van der Waals surface area contributed by atoms with E-state index in [0.717, 1.165) is 5.56 Å². The van der Waals surface area contributed by atoms with Gasteiger partial charge in [0.15, 0.2) is 17.2 Å². The van der Waals surface area contributed by atoms with Crippen LogP contribution < -0.4 is 24.3 Å². The zero-order chi connectivity index (χ0) is 21.8. The van der Waals surface area contributed by atoms with Crippen molar-refractivity contribution in [3.05, 3.63) is 81.9 Å². The van der Waals surface area contributed by atoms with E-state index in [1.165, 1.54) is 25.3 Å². The van der Waals surface area contributed by atoms with Gasteiger partial charge in [-0.2, -0.15) is 0 Å². The zero-order valence-electron chi connectivity index (χ0n) is 16.5. The zero-order valence-corrected chi connectivity index (χ0v) is 16.5. The number of rotatable bonds is 7. The van der Waals surface area contributed by atoms with Gasteiger partial charge < -0.3 is 24.3 Å². The summed E-state index contributed by atoms with van der Waals surface area (Å²) in [5.41, 5.74) is 1.24. The summed E-state index contributed by atoms with van der Waals surface area (Å²) >= 11 is 0. The third-order valence-corrected chi connectivity index (χ3v) is 4.57. The van der Waals surface area contributed by atoms with Crippen LogP contribution in [0.2, 0.25) is 0 Å². The van der Waals surface area contributed by atoms with Crippen LogP contribution in [0.3, 0.4) is 0 Å². The summed E-state index contributed by atoms with van der Waals surface area (Å²) in [4.78, 5) is 23.1. The van der Waals surface area contributed by atoms with Crippen molar-refractivity contribution in [2.45, 2.75) is 6.61 Å². The third-order valence-electron chi connectivity index (χ3n) is 4.57. The number of nitrogens with one attached hydrogen (secondary N) is 1. The van der Waals surface area contributed by atoms with Gasteiger partial charge >= 0.3 is 5.69 Å². The molecule has 3 aromatic carbocycles. The van der Waals surface area contributed by atoms with Gasteiger partial charge in [0.05, 0.1) is 12.0 Å². The van der Waals surface area contributed by atoms with Crippen LogP contribution in [0.25, 0.3) is 0 Å². The van der Waals surface area contributed by atoms with Crippen LogP contribution in [-0.4, -0.2) is 24.7 Å². The molecule has 9 nitrogen and oxygen atoms in total. The molecule has 0 atom stereocenters. The van der Waals surface area contributed by atoms with Crippen LogP contribution in [0.1, 0.15) is 15.9 Å². The number of carbonyl (C=O) groups excluding carboxylic acids is 1. The molecule has 0 aliphatic carbocycles. The molecule has 3 aromatic rings. The summed E-state index contributed by atoms with van der Waals surface area (Å²) < 4.78 is 21.4. The van der Waals surface area contributed by atoms with Crippen molar-refractivity contribution in [3.63, 3.8) is 0 Å². The minimum atomic E-state index is -0.594. The standard InChI is InChI=1S/C22H18N2O7/c1-28-19-7-5-15(10-18(19)24(26)27)22(25)23-16-4-2-3-14(9-16)12-29-17-6-8-20-21(11-17)31-13-30-20/h2-11H,12-13H2,1H3,(H,23,25). The number of methoxy groups -OCH3 is 1. The number of hydrogen-bond acceptors (Lipinski definition) is 7. The van der Waals surface area contributed by atoms with Gasteiger partial charge in [-0.1, -0.05) is 12.1 Å². The molecule has 158 valence electrons. The van der Waals surface area contributed by atoms with Crippen molar-refractivity contribution in [1.82, 2.24) is 0 Å². The van der Waals surface area contributed by atoms with Crippen LogP contribution in [0, 0.1) is 10.1 Å². The second-order valence-corrected chi connectivity index (χ2v) is 6.60. The Hall–Kier alpha value is -4.27. The number of carbonyl (C=O) groups is 1. The molecular weight excluding hydrogens is 404 g/mol. The van der Waals surface area contributed by atoms with Gasteiger partial charge in [-0.05, 0) is 42.0 Å². The van der Waals surface area contributed by atoms with Gasteiger partial charge in [0, 0.05) is 23.4 Å². The summed E-state index contributed by atoms with van der Waals surface area (Å²) in [5, 5.41) is 13.9. The highest BCUT2D eigenvalue weighted by Crippen LogP contribution is 2.35. The van der Waals surface area contributed by atoms with Gasteiger partial charge in [-0.3, -0.25) is 14.9 Å². The van der Waals surface area contributed by atoms with Crippen molar-refractivity contribution in [1.29, 1.82) is 0 Å². The van der Waals surface area contributed by atoms with Crippen molar-refractivity contribution >= 4 is 17.3 Å². The Bertz CT molecular complexity index is 1150. The van der Waals surface area contributed by atoms with E-state index in [-0.39, 0.29) is 30.4 Å². The van der Waals surface area contributed by atoms with Gasteiger partial charge in [0.25, 0.3) is 5.91 Å². The van der Waals surface area contributed by atoms with Crippen molar-refractivity contribution in [2.75, 3.05) is 19.2 Å². The monoisotopic (exact) mass is 422 g/mol. The summed E-state index contributed by atoms with van der Waals surface area (Å²) in [7, 11) is 1.33. The summed E-state index contributed by atoms with van der Waals surface area (Å²) in [6.45, 7) is 0.468. The molecule has 0 saturated carbocycles. The Balaban J connectivity index is 1.43. The highest BCUT2D eigenvalue weighted by molar-refractivity contribution is 6.04. The molecule has 0 bridgehead atoms. The largest absolute Gasteiger partial charge is 0.490 e. The Labute approximate surface area is 177 Å². The van der Waals surface area contributed by atoms with Crippen molar-refractivity contribution < 1.29 is 28.7 Å². The van der Waals surface area contributed by atoms with E-state index in [9.17, 15) is 14.9 Å². The molecule has 0 aromatic heterocycles. The highest BCUT2D eigenvalue weighted by atomic mass is 16.7. The molecule has 1 aliphatic heterocycles. The number of anilines is 1. The number of benzene rings is 3. The number of fused-ring (bicyclic) bond motifs is 1. The minimum Gasteiger partial charge on any atom is -0.490 e. The number of hydrogen-bond donors (Lipinski definition) is 1. The molecule has 1 amide bonds. The first-order valence-electron chi connectivity index (χ1n) is 9.28. The maximum absolute atomic E-state index is 12.6. The lowest BCUT2D eigenvalue weighted by atomic mass is 10.1. The Morgan fingerprint density at radius 3 is 2.74 bits per heavy atom. The quantitative estimate of drug-likeness (QED) is 0.450. The fourth-order valence-electron chi connectivity index (χ4n) is 3.05. The first kappa shape index (κ1) is 20.0. The molecule has 0 unspecified atom stereocenters. The number of amides is 1. The van der Waals surface area contributed by atoms with Crippen LogP contribution in [0.4, 0.5) is 11.4 Å². The Morgan fingerprint density at radius 2 is 1.94 bits per heavy atom. The first-order chi connectivity index (χ1) is 15.0. The van der Waals surface area contributed by atoms with Crippen molar-refractivity contribution in [2.24, 2.45) is 0 Å². The van der Waals surface area contributed by atoms with Gasteiger partial charge in [-0.25, -0.2) is 0 Å². The van der Waals surface area contributed by atoms with Gasteiger partial charge in [0.2, 0.25) is 6.79 Å². The van der Waals surface area contributed by atoms with Gasteiger partial charge in [-0.15, -0.1) is 0 Å². The van der Waals surface area contributed by atoms with E-state index < -0.39 is 10.8 Å². The molecule has 1 aliphatic rings. The molecule has 0 radical (unpaired) electrons. The predicted molar refractivity (Wildman–Crippen MR) is 111 cm³/mol.